The number of carbonyl (C=O) groups excluding carboxylic acids is 1. The molecule has 9 nitrogen and oxygen atoms in total. The van der Waals surface area contributed by atoms with E-state index < -0.39 is 5.60 Å². The smallest absolute Gasteiger partial charge is 0.410 e. The lowest BCUT2D eigenvalue weighted by Crippen LogP contribution is -2.50. The fraction of sp³-hybridized carbons (Fsp3) is 0.481. The van der Waals surface area contributed by atoms with Crippen LogP contribution < -0.4 is 10.2 Å². The minimum absolute atomic E-state index is 0. The summed E-state index contributed by atoms with van der Waals surface area (Å²) in [6.07, 6.45) is 3.52. The molecule has 0 radical (unpaired) electrons. The highest BCUT2D eigenvalue weighted by Crippen LogP contribution is 2.24. The van der Waals surface area contributed by atoms with Crippen LogP contribution in [-0.4, -0.2) is 62.5 Å². The highest BCUT2D eigenvalue weighted by atomic mass is 16.6. The number of carbonyl (C=O) groups is 1. The molecule has 1 fully saturated rings. The molecule has 1 aliphatic rings. The molecule has 0 spiro atoms. The summed E-state index contributed by atoms with van der Waals surface area (Å²) in [5.74, 6) is 0.542. The van der Waals surface area contributed by atoms with Crippen LogP contribution >= 0.6 is 0 Å². The Kier molecular flexibility index (Phi) is 8.90. The van der Waals surface area contributed by atoms with Crippen LogP contribution in [0.1, 0.15) is 48.7 Å². The van der Waals surface area contributed by atoms with Gasteiger partial charge in [0.15, 0.2) is 0 Å². The highest BCUT2D eigenvalue weighted by molar-refractivity contribution is 5.69. The number of nitrogens with zero attached hydrogens (tertiary/aromatic N) is 6. The number of ether oxygens (including phenoxy) is 1. The van der Waals surface area contributed by atoms with E-state index in [0.717, 1.165) is 48.0 Å². The Hall–Kier alpha value is -3.62. The van der Waals surface area contributed by atoms with Crippen LogP contribution in [0.15, 0.2) is 42.7 Å². The summed E-state index contributed by atoms with van der Waals surface area (Å²) in [6, 6.07) is 10.1. The average Bonchev–Trinajstić information content (AvgIpc) is 3.26. The molecule has 4 rings (SSSR count). The summed E-state index contributed by atoms with van der Waals surface area (Å²) in [4.78, 5) is 25.4. The van der Waals surface area contributed by atoms with Crippen molar-refractivity contribution in [3.8, 4) is 11.3 Å². The summed E-state index contributed by atoms with van der Waals surface area (Å²) < 4.78 is 7.39. The lowest BCUT2D eigenvalue weighted by molar-refractivity contribution is 0.0240. The first-order valence-electron chi connectivity index (χ1n) is 12.7. The maximum absolute atomic E-state index is 12.3. The molecule has 1 amide bonds. The summed E-state index contributed by atoms with van der Waals surface area (Å²) in [6.45, 7) is 17.4. The maximum Gasteiger partial charge on any atom is 0.410 e. The third-order valence-corrected chi connectivity index (χ3v) is 5.62. The Labute approximate surface area is 216 Å². The van der Waals surface area contributed by atoms with Gasteiger partial charge in [-0.05, 0) is 65.0 Å². The Balaban J connectivity index is 0.00000157. The second kappa shape index (κ2) is 11.9. The SMILES string of the molecule is CC.CCn1cc(-c2ccnc(Nc3ccc(N4CCN(C(=O)OC(C)(C)C)CC4)cc3)n2)c(C)n1.[HH]. The second-order valence-corrected chi connectivity index (χ2v) is 9.38. The largest absolute Gasteiger partial charge is 0.444 e. The van der Waals surface area contributed by atoms with Crippen molar-refractivity contribution in [1.29, 1.82) is 0 Å². The molecule has 3 heterocycles. The number of amides is 1. The van der Waals surface area contributed by atoms with Crippen LogP contribution in [0, 0.1) is 6.92 Å². The third kappa shape index (κ3) is 6.96. The van der Waals surface area contributed by atoms with Gasteiger partial charge in [0.05, 0.1) is 11.4 Å². The second-order valence-electron chi connectivity index (χ2n) is 9.38. The van der Waals surface area contributed by atoms with Crippen LogP contribution in [-0.2, 0) is 11.3 Å². The molecule has 1 aliphatic heterocycles. The normalized spacial score (nSPS) is 13.6. The number of aryl methyl sites for hydroxylation is 2. The number of benzene rings is 1. The fourth-order valence-electron chi connectivity index (χ4n) is 3.86. The zero-order valence-electron chi connectivity index (χ0n) is 22.6. The minimum atomic E-state index is -0.476. The standard InChI is InChI=1S/C25H33N7O2.C2H6.H2/c1-6-32-17-21(18(2)29-32)22-11-12-26-23(28-22)27-19-7-9-20(10-8-19)30-13-15-31(16-14-30)24(33)34-25(3,4)5;1-2;/h7-12,17H,6,13-16H2,1-5H3,(H,26,27,28);1-2H3;1H. The molecule has 196 valence electrons. The predicted molar refractivity (Wildman–Crippen MR) is 147 cm³/mol. The Morgan fingerprint density at radius 1 is 1.08 bits per heavy atom. The van der Waals surface area contributed by atoms with Gasteiger partial charge in [0.2, 0.25) is 5.95 Å². The van der Waals surface area contributed by atoms with Crippen LogP contribution in [0.3, 0.4) is 0 Å². The molecular formula is C27H41N7O2. The van der Waals surface area contributed by atoms with Crippen molar-refractivity contribution >= 4 is 23.4 Å². The molecule has 0 aliphatic carbocycles. The van der Waals surface area contributed by atoms with Crippen molar-refractivity contribution in [3.63, 3.8) is 0 Å². The summed E-state index contributed by atoms with van der Waals surface area (Å²) in [5, 5.41) is 7.80. The Morgan fingerprint density at radius 2 is 1.75 bits per heavy atom. The summed E-state index contributed by atoms with van der Waals surface area (Å²) in [5.41, 5.74) is 4.35. The van der Waals surface area contributed by atoms with Crippen molar-refractivity contribution in [2.75, 3.05) is 36.4 Å². The summed E-state index contributed by atoms with van der Waals surface area (Å²) in [7, 11) is 0. The zero-order chi connectivity index (χ0) is 26.3. The van der Waals surface area contributed by atoms with Gasteiger partial charge in [0.1, 0.15) is 5.60 Å². The van der Waals surface area contributed by atoms with Gasteiger partial charge >= 0.3 is 6.09 Å². The molecule has 0 saturated carbocycles. The number of hydrogen-bond donors (Lipinski definition) is 1. The fourth-order valence-corrected chi connectivity index (χ4v) is 3.86. The van der Waals surface area contributed by atoms with Crippen molar-refractivity contribution in [1.82, 2.24) is 24.6 Å². The van der Waals surface area contributed by atoms with Gasteiger partial charge < -0.3 is 19.9 Å². The van der Waals surface area contributed by atoms with Crippen molar-refractivity contribution in [2.45, 2.75) is 60.6 Å². The number of rotatable bonds is 5. The lowest BCUT2D eigenvalue weighted by atomic mass is 10.2. The van der Waals surface area contributed by atoms with E-state index in [4.69, 9.17) is 4.74 Å². The van der Waals surface area contributed by atoms with Gasteiger partial charge in [0, 0.05) is 63.5 Å². The highest BCUT2D eigenvalue weighted by Gasteiger charge is 2.26. The van der Waals surface area contributed by atoms with Crippen molar-refractivity contribution < 1.29 is 11.0 Å². The molecular weight excluding hydrogens is 454 g/mol. The first kappa shape index (κ1) is 27.0. The van der Waals surface area contributed by atoms with Gasteiger partial charge in [-0.3, -0.25) is 4.68 Å². The van der Waals surface area contributed by atoms with Gasteiger partial charge in [-0.1, -0.05) is 13.8 Å². The topological polar surface area (TPSA) is 88.4 Å². The molecule has 3 aromatic rings. The van der Waals surface area contributed by atoms with E-state index in [2.05, 4.69) is 44.3 Å². The molecule has 1 saturated heterocycles. The monoisotopic (exact) mass is 495 g/mol. The number of aromatic nitrogens is 4. The molecule has 1 aromatic carbocycles. The average molecular weight is 496 g/mol. The number of nitrogens with one attached hydrogen (secondary N) is 1. The number of anilines is 3. The molecule has 36 heavy (non-hydrogen) atoms. The molecule has 0 bridgehead atoms. The molecule has 1 N–H and O–H groups in total. The van der Waals surface area contributed by atoms with E-state index in [0.29, 0.717) is 19.0 Å². The number of hydrogen-bond acceptors (Lipinski definition) is 7. The van der Waals surface area contributed by atoms with Gasteiger partial charge in [-0.15, -0.1) is 0 Å². The quantitative estimate of drug-likeness (QED) is 0.483. The lowest BCUT2D eigenvalue weighted by Gasteiger charge is -2.36. The van der Waals surface area contributed by atoms with Crippen LogP contribution in [0.5, 0.6) is 0 Å². The first-order valence-corrected chi connectivity index (χ1v) is 12.7. The van der Waals surface area contributed by atoms with Crippen LogP contribution in [0.2, 0.25) is 0 Å². The Bertz CT molecular complexity index is 1130. The van der Waals surface area contributed by atoms with E-state index in [-0.39, 0.29) is 7.52 Å². The molecule has 2 aromatic heterocycles. The molecule has 0 atom stereocenters. The van der Waals surface area contributed by atoms with Crippen LogP contribution in [0.4, 0.5) is 22.1 Å². The van der Waals surface area contributed by atoms with Gasteiger partial charge in [-0.2, -0.15) is 5.10 Å². The van der Waals surface area contributed by atoms with E-state index >= 15 is 0 Å². The molecule has 0 unspecified atom stereocenters. The van der Waals surface area contributed by atoms with Crippen molar-refractivity contribution in [2.24, 2.45) is 0 Å². The summed E-state index contributed by atoms with van der Waals surface area (Å²) >= 11 is 0. The van der Waals surface area contributed by atoms with E-state index in [9.17, 15) is 4.79 Å². The maximum atomic E-state index is 12.3. The van der Waals surface area contributed by atoms with Gasteiger partial charge in [-0.25, -0.2) is 14.8 Å². The zero-order valence-corrected chi connectivity index (χ0v) is 22.6. The van der Waals surface area contributed by atoms with Gasteiger partial charge in [0.25, 0.3) is 0 Å². The van der Waals surface area contributed by atoms with E-state index in [1.807, 2.05) is 70.6 Å². The third-order valence-electron chi connectivity index (χ3n) is 5.62. The first-order chi connectivity index (χ1) is 17.2. The van der Waals surface area contributed by atoms with E-state index in [1.54, 1.807) is 11.1 Å². The van der Waals surface area contributed by atoms with E-state index in [1.165, 1.54) is 0 Å². The number of piperazine rings is 1. The predicted octanol–water partition coefficient (Wildman–Crippen LogP) is 5.74. The Morgan fingerprint density at radius 3 is 2.33 bits per heavy atom. The van der Waals surface area contributed by atoms with Crippen LogP contribution in [0.25, 0.3) is 11.3 Å². The van der Waals surface area contributed by atoms with Crippen molar-refractivity contribution in [3.05, 3.63) is 48.4 Å². The molecule has 9 heteroatoms. The minimum Gasteiger partial charge on any atom is -0.444 e.